The summed E-state index contributed by atoms with van der Waals surface area (Å²) in [4.78, 5) is 20.7. The van der Waals surface area contributed by atoms with Gasteiger partial charge in [0.25, 0.3) is 0 Å². The molecule has 0 amide bonds. The fraction of sp³-hybridized carbons (Fsp3) is 0.0909. The lowest BCUT2D eigenvalue weighted by Crippen LogP contribution is -2.00. The number of carboxylic acids is 2. The summed E-state index contributed by atoms with van der Waals surface area (Å²) < 4.78 is 26.6. The first kappa shape index (κ1) is 12.8. The Balaban J connectivity index is 3.05. The Morgan fingerprint density at radius 2 is 1.71 bits per heavy atom. The average Bonchev–Trinajstić information content (AvgIpc) is 2.21. The van der Waals surface area contributed by atoms with Gasteiger partial charge in [0, 0.05) is 5.56 Å². The number of carboxylic acid groups (broad SMARTS) is 2. The molecular weight excluding hydrogens is 234 g/mol. The molecule has 0 radical (unpaired) electrons. The number of halogens is 2. The maximum Gasteiger partial charge on any atom is 0.335 e. The number of carbonyl (C=O) groups is 2. The Hall–Kier alpha value is -2.24. The van der Waals surface area contributed by atoms with Gasteiger partial charge in [-0.3, -0.25) is 4.79 Å². The molecular formula is C11H8F2O4. The van der Waals surface area contributed by atoms with E-state index in [0.29, 0.717) is 12.1 Å². The molecule has 0 fully saturated rings. The Bertz CT molecular complexity index is 471. The molecule has 0 saturated heterocycles. The van der Waals surface area contributed by atoms with Crippen molar-refractivity contribution < 1.29 is 28.6 Å². The van der Waals surface area contributed by atoms with Gasteiger partial charge in [0.15, 0.2) is 0 Å². The molecule has 0 aliphatic carbocycles. The maximum atomic E-state index is 13.3. The quantitative estimate of drug-likeness (QED) is 0.848. The molecule has 1 rings (SSSR count). The summed E-state index contributed by atoms with van der Waals surface area (Å²) in [6.45, 7) is 0. The Kier molecular flexibility index (Phi) is 3.92. The van der Waals surface area contributed by atoms with Crippen LogP contribution in [0.15, 0.2) is 18.2 Å². The monoisotopic (exact) mass is 242 g/mol. The zero-order chi connectivity index (χ0) is 13.0. The first-order valence-electron chi connectivity index (χ1n) is 4.52. The predicted molar refractivity (Wildman–Crippen MR) is 54.6 cm³/mol. The van der Waals surface area contributed by atoms with Crippen LogP contribution in [0.5, 0.6) is 0 Å². The second-order valence-electron chi connectivity index (χ2n) is 3.16. The van der Waals surface area contributed by atoms with Crippen molar-refractivity contribution in [2.75, 3.05) is 0 Å². The number of aliphatic carboxylic acids is 1. The van der Waals surface area contributed by atoms with Crippen LogP contribution in [-0.4, -0.2) is 22.2 Å². The Labute approximate surface area is 94.8 Å². The van der Waals surface area contributed by atoms with Crippen LogP contribution >= 0.6 is 0 Å². The van der Waals surface area contributed by atoms with Crippen molar-refractivity contribution in [3.8, 4) is 0 Å². The molecule has 6 heteroatoms. The Morgan fingerprint density at radius 1 is 1.18 bits per heavy atom. The van der Waals surface area contributed by atoms with E-state index in [0.717, 1.165) is 12.2 Å². The molecule has 90 valence electrons. The van der Waals surface area contributed by atoms with E-state index in [4.69, 9.17) is 10.2 Å². The van der Waals surface area contributed by atoms with Crippen LogP contribution in [0.3, 0.4) is 0 Å². The van der Waals surface area contributed by atoms with Gasteiger partial charge in [-0.05, 0) is 12.1 Å². The fourth-order valence-corrected chi connectivity index (χ4v) is 1.14. The topological polar surface area (TPSA) is 74.6 Å². The lowest BCUT2D eigenvalue weighted by molar-refractivity contribution is -0.135. The van der Waals surface area contributed by atoms with Crippen molar-refractivity contribution in [3.63, 3.8) is 0 Å². The lowest BCUT2D eigenvalue weighted by atomic mass is 10.1. The van der Waals surface area contributed by atoms with Gasteiger partial charge in [0.2, 0.25) is 0 Å². The third-order valence-corrected chi connectivity index (χ3v) is 1.90. The van der Waals surface area contributed by atoms with Gasteiger partial charge >= 0.3 is 11.9 Å². The van der Waals surface area contributed by atoms with Gasteiger partial charge in [-0.25, -0.2) is 13.6 Å². The van der Waals surface area contributed by atoms with Crippen LogP contribution in [0.1, 0.15) is 22.3 Å². The molecule has 0 bridgehead atoms. The van der Waals surface area contributed by atoms with Crippen molar-refractivity contribution in [1.82, 2.24) is 0 Å². The third-order valence-electron chi connectivity index (χ3n) is 1.90. The number of hydrogen-bond acceptors (Lipinski definition) is 2. The zero-order valence-electron chi connectivity index (χ0n) is 8.48. The van der Waals surface area contributed by atoms with Gasteiger partial charge < -0.3 is 10.2 Å². The third kappa shape index (κ3) is 3.37. The van der Waals surface area contributed by atoms with E-state index in [2.05, 4.69) is 0 Å². The minimum absolute atomic E-state index is 0.375. The average molecular weight is 242 g/mol. The minimum atomic E-state index is -1.44. The van der Waals surface area contributed by atoms with E-state index < -0.39 is 34.7 Å². The molecule has 0 atom stereocenters. The second kappa shape index (κ2) is 5.20. The molecule has 0 heterocycles. The molecule has 2 N–H and O–H groups in total. The fourth-order valence-electron chi connectivity index (χ4n) is 1.14. The molecule has 0 unspecified atom stereocenters. The lowest BCUT2D eigenvalue weighted by Gasteiger charge is -2.01. The first-order chi connectivity index (χ1) is 7.91. The minimum Gasteiger partial charge on any atom is -0.481 e. The van der Waals surface area contributed by atoms with Crippen molar-refractivity contribution in [2.24, 2.45) is 0 Å². The smallest absolute Gasteiger partial charge is 0.335 e. The van der Waals surface area contributed by atoms with Gasteiger partial charge in [-0.15, -0.1) is 0 Å². The van der Waals surface area contributed by atoms with Crippen molar-refractivity contribution in [3.05, 3.63) is 41.0 Å². The predicted octanol–water partition coefficient (Wildman–Crippen LogP) is 2.15. The number of hydrogen-bond donors (Lipinski definition) is 2. The normalized spacial score (nSPS) is 10.7. The second-order valence-corrected chi connectivity index (χ2v) is 3.16. The van der Waals surface area contributed by atoms with Crippen LogP contribution in [0.2, 0.25) is 0 Å². The van der Waals surface area contributed by atoms with Crippen LogP contribution in [0.4, 0.5) is 8.78 Å². The summed E-state index contributed by atoms with van der Waals surface area (Å²) in [6, 6.07) is 1.34. The summed E-state index contributed by atoms with van der Waals surface area (Å²) in [5.74, 6) is -4.68. The van der Waals surface area contributed by atoms with E-state index in [1.807, 2.05) is 0 Å². The summed E-state index contributed by atoms with van der Waals surface area (Å²) >= 11 is 0. The van der Waals surface area contributed by atoms with Gasteiger partial charge in [0.05, 0.1) is 12.0 Å². The molecule has 0 saturated carbocycles. The summed E-state index contributed by atoms with van der Waals surface area (Å²) in [6.07, 6.45) is 1.66. The SMILES string of the molecule is O=C(O)CC=Cc1c(F)cc(C(=O)O)cc1F. The van der Waals surface area contributed by atoms with Crippen LogP contribution in [0, 0.1) is 11.6 Å². The van der Waals surface area contributed by atoms with E-state index in [1.165, 1.54) is 0 Å². The first-order valence-corrected chi connectivity index (χ1v) is 4.52. The molecule has 4 nitrogen and oxygen atoms in total. The zero-order valence-corrected chi connectivity index (χ0v) is 8.48. The highest BCUT2D eigenvalue weighted by molar-refractivity contribution is 5.88. The van der Waals surface area contributed by atoms with Crippen molar-refractivity contribution in [2.45, 2.75) is 6.42 Å². The van der Waals surface area contributed by atoms with E-state index in [9.17, 15) is 18.4 Å². The van der Waals surface area contributed by atoms with Crippen molar-refractivity contribution >= 4 is 18.0 Å². The number of rotatable bonds is 4. The van der Waals surface area contributed by atoms with Gasteiger partial charge in [-0.1, -0.05) is 12.2 Å². The molecule has 0 spiro atoms. The summed E-state index contributed by atoms with van der Waals surface area (Å²) in [5, 5.41) is 16.9. The largest absolute Gasteiger partial charge is 0.481 e. The number of benzene rings is 1. The molecule has 1 aromatic carbocycles. The standard InChI is InChI=1S/C11H8F2O4/c12-8-4-6(11(16)17)5-9(13)7(8)2-1-3-10(14)15/h1-2,4-5H,3H2,(H,14,15)(H,16,17). The van der Waals surface area contributed by atoms with Gasteiger partial charge in [-0.2, -0.15) is 0 Å². The van der Waals surface area contributed by atoms with Crippen LogP contribution < -0.4 is 0 Å². The Morgan fingerprint density at radius 3 is 2.12 bits per heavy atom. The molecule has 1 aromatic rings. The maximum absolute atomic E-state index is 13.3. The van der Waals surface area contributed by atoms with E-state index in [-0.39, 0.29) is 6.42 Å². The molecule has 0 aliphatic rings. The van der Waals surface area contributed by atoms with E-state index in [1.54, 1.807) is 0 Å². The van der Waals surface area contributed by atoms with Crippen molar-refractivity contribution in [1.29, 1.82) is 0 Å². The highest BCUT2D eigenvalue weighted by Crippen LogP contribution is 2.17. The van der Waals surface area contributed by atoms with E-state index >= 15 is 0 Å². The highest BCUT2D eigenvalue weighted by Gasteiger charge is 2.12. The highest BCUT2D eigenvalue weighted by atomic mass is 19.1. The molecule has 17 heavy (non-hydrogen) atoms. The van der Waals surface area contributed by atoms with Gasteiger partial charge in [0.1, 0.15) is 11.6 Å². The number of aromatic carboxylic acids is 1. The molecule has 0 aliphatic heterocycles. The molecule has 0 aromatic heterocycles. The summed E-state index contributed by atoms with van der Waals surface area (Å²) in [5.41, 5.74) is -0.966. The van der Waals surface area contributed by atoms with Crippen LogP contribution in [-0.2, 0) is 4.79 Å². The van der Waals surface area contributed by atoms with Crippen LogP contribution in [0.25, 0.3) is 6.08 Å². The summed E-state index contributed by atoms with van der Waals surface area (Å²) in [7, 11) is 0.